The maximum atomic E-state index is 12.2. The number of carbonyl (C=O) groups excluding carboxylic acids is 3. The van der Waals surface area contributed by atoms with Gasteiger partial charge in [0.2, 0.25) is 0 Å². The van der Waals surface area contributed by atoms with E-state index in [4.69, 9.17) is 9.36 Å². The van der Waals surface area contributed by atoms with Crippen LogP contribution in [-0.4, -0.2) is 64.1 Å². The van der Waals surface area contributed by atoms with Crippen molar-refractivity contribution in [2.75, 3.05) is 26.2 Å². The van der Waals surface area contributed by atoms with Crippen LogP contribution in [0.1, 0.15) is 24.1 Å². The highest BCUT2D eigenvalue weighted by molar-refractivity contribution is 6.01. The summed E-state index contributed by atoms with van der Waals surface area (Å²) in [5, 5.41) is 4.72. The molecule has 152 valence electrons. The molecule has 2 fully saturated rings. The Morgan fingerprint density at radius 2 is 1.72 bits per heavy atom. The van der Waals surface area contributed by atoms with Gasteiger partial charge >= 0.3 is 6.09 Å². The summed E-state index contributed by atoms with van der Waals surface area (Å²) in [6.07, 6.45) is -0.499. The van der Waals surface area contributed by atoms with Crippen molar-refractivity contribution in [2.24, 2.45) is 0 Å². The van der Waals surface area contributed by atoms with E-state index in [1.165, 1.54) is 10.5 Å². The van der Waals surface area contributed by atoms with Crippen molar-refractivity contribution in [3.63, 3.8) is 0 Å². The molecule has 0 spiro atoms. The van der Waals surface area contributed by atoms with Crippen LogP contribution in [0, 0.1) is 6.92 Å². The Bertz CT molecular complexity index is 899. The predicted molar refractivity (Wildman–Crippen MR) is 101 cm³/mol. The largest absolute Gasteiger partial charge is 0.434 e. The number of amides is 3. The minimum absolute atomic E-state index is 0.0855. The molecule has 0 bridgehead atoms. The number of nitrogens with zero attached hydrogens (tertiary/aromatic N) is 4. The molecule has 1 aromatic carbocycles. The average Bonchev–Trinajstić information content (AvgIpc) is 3.31. The van der Waals surface area contributed by atoms with Crippen LogP contribution in [0.2, 0.25) is 0 Å². The SMILES string of the molecule is Cc1ccc(-c2cc(CN3CCN(C(=O)ON4C(=O)CCC4=O)CC3)no2)cc1. The summed E-state index contributed by atoms with van der Waals surface area (Å²) in [6, 6.07) is 9.98. The number of hydrogen-bond donors (Lipinski definition) is 0. The Kier molecular flexibility index (Phi) is 5.30. The Morgan fingerprint density at radius 1 is 1.07 bits per heavy atom. The van der Waals surface area contributed by atoms with Crippen LogP contribution >= 0.6 is 0 Å². The van der Waals surface area contributed by atoms with Gasteiger partial charge in [-0.1, -0.05) is 35.0 Å². The highest BCUT2D eigenvalue weighted by Crippen LogP contribution is 2.22. The average molecular weight is 398 g/mol. The molecule has 0 atom stereocenters. The molecular formula is C20H22N4O5. The topological polar surface area (TPSA) is 96.2 Å². The van der Waals surface area contributed by atoms with E-state index in [1.54, 1.807) is 0 Å². The fourth-order valence-electron chi connectivity index (χ4n) is 3.35. The Hall–Kier alpha value is -3.20. The minimum atomic E-state index is -0.670. The standard InChI is InChI=1S/C20H22N4O5/c1-14-2-4-15(5-3-14)17-12-16(21-28-17)13-22-8-10-23(11-9-22)20(27)29-24-18(25)6-7-19(24)26/h2-5,12H,6-11,13H2,1H3. The van der Waals surface area contributed by atoms with Crippen LogP contribution < -0.4 is 0 Å². The fraction of sp³-hybridized carbons (Fsp3) is 0.400. The summed E-state index contributed by atoms with van der Waals surface area (Å²) >= 11 is 0. The predicted octanol–water partition coefficient (Wildman–Crippen LogP) is 1.97. The summed E-state index contributed by atoms with van der Waals surface area (Å²) in [4.78, 5) is 44.0. The van der Waals surface area contributed by atoms with Crippen molar-refractivity contribution in [3.05, 3.63) is 41.6 Å². The lowest BCUT2D eigenvalue weighted by molar-refractivity contribution is -0.174. The zero-order valence-corrected chi connectivity index (χ0v) is 16.2. The maximum Gasteiger partial charge on any atom is 0.434 e. The van der Waals surface area contributed by atoms with Crippen molar-refractivity contribution >= 4 is 17.9 Å². The number of carbonyl (C=O) groups is 3. The van der Waals surface area contributed by atoms with Gasteiger partial charge in [-0.05, 0) is 6.92 Å². The second-order valence-electron chi connectivity index (χ2n) is 7.25. The van der Waals surface area contributed by atoms with Gasteiger partial charge in [0.15, 0.2) is 5.76 Å². The summed E-state index contributed by atoms with van der Waals surface area (Å²) < 4.78 is 5.46. The van der Waals surface area contributed by atoms with Crippen LogP contribution in [0.5, 0.6) is 0 Å². The number of aryl methyl sites for hydroxylation is 1. The summed E-state index contributed by atoms with van der Waals surface area (Å²) in [6.45, 7) is 4.79. The van der Waals surface area contributed by atoms with Crippen LogP contribution in [0.3, 0.4) is 0 Å². The van der Waals surface area contributed by atoms with Crippen molar-refractivity contribution in [2.45, 2.75) is 26.3 Å². The first-order valence-electron chi connectivity index (χ1n) is 9.57. The quantitative estimate of drug-likeness (QED) is 0.727. The number of rotatable bonds is 4. The van der Waals surface area contributed by atoms with E-state index in [0.29, 0.717) is 37.8 Å². The highest BCUT2D eigenvalue weighted by Gasteiger charge is 2.34. The molecule has 0 saturated carbocycles. The third-order valence-electron chi connectivity index (χ3n) is 5.09. The van der Waals surface area contributed by atoms with Crippen LogP contribution in [0.4, 0.5) is 4.79 Å². The molecule has 3 amide bonds. The molecule has 0 N–H and O–H groups in total. The minimum Gasteiger partial charge on any atom is -0.356 e. The molecule has 0 radical (unpaired) electrons. The summed E-state index contributed by atoms with van der Waals surface area (Å²) in [7, 11) is 0. The lowest BCUT2D eigenvalue weighted by atomic mass is 10.1. The Labute approximate surface area is 167 Å². The zero-order valence-electron chi connectivity index (χ0n) is 16.2. The number of hydroxylamine groups is 2. The molecule has 2 aliphatic rings. The normalized spacial score (nSPS) is 17.8. The van der Waals surface area contributed by atoms with E-state index >= 15 is 0 Å². The van der Waals surface area contributed by atoms with Gasteiger partial charge < -0.3 is 14.3 Å². The molecule has 4 rings (SSSR count). The molecule has 1 aromatic heterocycles. The molecule has 3 heterocycles. The molecule has 0 unspecified atom stereocenters. The molecule has 2 aromatic rings. The van der Waals surface area contributed by atoms with Crippen LogP contribution in [0.15, 0.2) is 34.9 Å². The summed E-state index contributed by atoms with van der Waals surface area (Å²) in [5.41, 5.74) is 2.99. The number of benzene rings is 1. The summed E-state index contributed by atoms with van der Waals surface area (Å²) in [5.74, 6) is -0.225. The fourth-order valence-corrected chi connectivity index (χ4v) is 3.35. The van der Waals surface area contributed by atoms with Crippen LogP contribution in [0.25, 0.3) is 11.3 Å². The lowest BCUT2D eigenvalue weighted by Gasteiger charge is -2.33. The number of imide groups is 1. The van der Waals surface area contributed by atoms with Gasteiger partial charge in [-0.25, -0.2) is 4.79 Å². The first-order chi connectivity index (χ1) is 14.0. The molecule has 9 nitrogen and oxygen atoms in total. The van der Waals surface area contributed by atoms with Crippen LogP contribution in [-0.2, 0) is 21.0 Å². The van der Waals surface area contributed by atoms with Gasteiger partial charge in [0.05, 0.1) is 5.69 Å². The van der Waals surface area contributed by atoms with Crippen molar-refractivity contribution in [3.8, 4) is 11.3 Å². The third-order valence-corrected chi connectivity index (χ3v) is 5.09. The molecule has 9 heteroatoms. The van der Waals surface area contributed by atoms with Crippen molar-refractivity contribution in [1.29, 1.82) is 0 Å². The first kappa shape index (κ1) is 19.1. The molecule has 2 aliphatic heterocycles. The van der Waals surface area contributed by atoms with Crippen molar-refractivity contribution < 1.29 is 23.7 Å². The monoisotopic (exact) mass is 398 g/mol. The van der Waals surface area contributed by atoms with Gasteiger partial charge in [-0.2, -0.15) is 0 Å². The first-order valence-corrected chi connectivity index (χ1v) is 9.57. The lowest BCUT2D eigenvalue weighted by Crippen LogP contribution is -2.50. The molecule has 0 aliphatic carbocycles. The Morgan fingerprint density at radius 3 is 2.38 bits per heavy atom. The van der Waals surface area contributed by atoms with E-state index < -0.39 is 17.9 Å². The van der Waals surface area contributed by atoms with Gasteiger partial charge in [0.1, 0.15) is 0 Å². The number of piperazine rings is 1. The van der Waals surface area contributed by atoms with Crippen molar-refractivity contribution in [1.82, 2.24) is 20.0 Å². The second-order valence-corrected chi connectivity index (χ2v) is 7.25. The smallest absolute Gasteiger partial charge is 0.356 e. The Balaban J connectivity index is 1.28. The van der Waals surface area contributed by atoms with E-state index in [2.05, 4.69) is 10.1 Å². The highest BCUT2D eigenvalue weighted by atomic mass is 16.7. The number of aromatic nitrogens is 1. The third kappa shape index (κ3) is 4.29. The van der Waals surface area contributed by atoms with Gasteiger partial charge in [-0.15, -0.1) is 5.06 Å². The van der Waals surface area contributed by atoms with Gasteiger partial charge in [-0.3, -0.25) is 14.5 Å². The zero-order chi connectivity index (χ0) is 20.4. The van der Waals surface area contributed by atoms with E-state index in [0.717, 1.165) is 17.0 Å². The van der Waals surface area contributed by atoms with E-state index in [9.17, 15) is 14.4 Å². The molecule has 29 heavy (non-hydrogen) atoms. The second kappa shape index (κ2) is 8.04. The van der Waals surface area contributed by atoms with Gasteiger partial charge in [0.25, 0.3) is 11.8 Å². The van der Waals surface area contributed by atoms with Gasteiger partial charge in [0, 0.05) is 57.2 Å². The number of hydrogen-bond acceptors (Lipinski definition) is 7. The van der Waals surface area contributed by atoms with E-state index in [-0.39, 0.29) is 12.8 Å². The maximum absolute atomic E-state index is 12.2. The molecular weight excluding hydrogens is 376 g/mol. The van der Waals surface area contributed by atoms with E-state index in [1.807, 2.05) is 37.3 Å². The molecule has 2 saturated heterocycles.